The van der Waals surface area contributed by atoms with E-state index in [4.69, 9.17) is 33.1 Å². The Morgan fingerprint density at radius 1 is 0.680 bits per heavy atom. The van der Waals surface area contributed by atoms with E-state index in [1.807, 2.05) is 0 Å². The molecule has 10 N–H and O–H groups in total. The van der Waals surface area contributed by atoms with Crippen molar-refractivity contribution in [3.05, 3.63) is 0 Å². The van der Waals surface area contributed by atoms with E-state index in [9.17, 15) is 9.59 Å². The number of carbonyl (C=O) groups is 2. The molecular weight excluding hydrogens is 492 g/mol. The van der Waals surface area contributed by atoms with Gasteiger partial charge in [0.1, 0.15) is 12.1 Å². The van der Waals surface area contributed by atoms with Crippen LogP contribution in [0.3, 0.4) is 0 Å². The summed E-state index contributed by atoms with van der Waals surface area (Å²) in [6, 6.07) is -1.43. The number of rotatable bonds is 10. The molecule has 0 amide bonds. The minimum atomic E-state index is -0.933. The first-order chi connectivity index (χ1) is 9.36. The molecule has 0 radical (unpaired) electrons. The molecule has 25 heavy (non-hydrogen) atoms. The monoisotopic (exact) mass is 516 g/mol. The summed E-state index contributed by atoms with van der Waals surface area (Å²) in [6.45, 7) is 1.21. The molecule has 0 saturated heterocycles. The van der Waals surface area contributed by atoms with Gasteiger partial charge in [0.2, 0.25) is 0 Å². The molecule has 0 aromatic carbocycles. The van der Waals surface area contributed by atoms with Gasteiger partial charge in [0.25, 0.3) is 0 Å². The molecule has 0 aliphatic rings. The van der Waals surface area contributed by atoms with Crippen LogP contribution < -0.4 is 22.9 Å². The molecule has 0 fully saturated rings. The average Bonchev–Trinajstić information content (AvgIpc) is 2.39. The molecule has 0 rings (SSSR count). The predicted molar refractivity (Wildman–Crippen MR) is 78.4 cm³/mol. The Kier molecular flexibility index (Phi) is 57.8. The fourth-order valence-corrected chi connectivity index (χ4v) is 1.26. The molecule has 0 aromatic heterocycles. The van der Waals surface area contributed by atoms with Crippen molar-refractivity contribution in [1.29, 1.82) is 0 Å². The van der Waals surface area contributed by atoms with Crippen LogP contribution in [0.1, 0.15) is 38.5 Å². The molecule has 0 aliphatic heterocycles. The molecule has 0 unspecified atom stereocenters. The summed E-state index contributed by atoms with van der Waals surface area (Å²) < 4.78 is 0. The molecule has 0 aromatic rings. The number of nitrogens with two attached hydrogens (primary N) is 4. The summed E-state index contributed by atoms with van der Waals surface area (Å²) in [7, 11) is 0. The fraction of sp³-hybridized carbons (Fsp3) is 0.833. The Labute approximate surface area is 187 Å². The first-order valence-corrected chi connectivity index (χ1v) is 6.73. The summed E-state index contributed by atoms with van der Waals surface area (Å²) in [4.78, 5) is 20.3. The summed E-state index contributed by atoms with van der Waals surface area (Å²) >= 11 is 0. The average molecular weight is 521 g/mol. The Hall–Kier alpha value is 0.570. The summed E-state index contributed by atoms with van der Waals surface area (Å²) in [5.74, 6) is -1.87. The molecule has 0 aliphatic carbocycles. The number of unbranched alkanes of at least 4 members (excludes halogenated alkanes) is 2. The third kappa shape index (κ3) is 36.3. The standard InChI is InChI=1S/2C6H14N2O2.2O.3Zn/c2*7-4-2-1-3-5(8)6(9)10;;;;;/h2*5H,1-4,7-8H2,(H,9,10);;;;;/q;;2*-2;3*+2/t2*5-;;;;;/m00...../s1. The van der Waals surface area contributed by atoms with Gasteiger partial charge in [0.05, 0.1) is 0 Å². The van der Waals surface area contributed by atoms with Crippen LogP contribution in [0.2, 0.25) is 0 Å². The second kappa shape index (κ2) is 32.3. The predicted octanol–water partition coefficient (Wildman–Crippen LogP) is -1.19. The zero-order valence-corrected chi connectivity index (χ0v) is 23.7. The van der Waals surface area contributed by atoms with Gasteiger partial charge in [-0.15, -0.1) is 0 Å². The van der Waals surface area contributed by atoms with E-state index >= 15 is 0 Å². The molecule has 0 bridgehead atoms. The van der Waals surface area contributed by atoms with Crippen LogP contribution in [0.5, 0.6) is 0 Å². The van der Waals surface area contributed by atoms with Crippen molar-refractivity contribution in [3.8, 4) is 0 Å². The van der Waals surface area contributed by atoms with Crippen LogP contribution in [0.4, 0.5) is 0 Å². The van der Waals surface area contributed by atoms with E-state index in [0.29, 0.717) is 25.9 Å². The zero-order chi connectivity index (χ0) is 16.0. The Bertz CT molecular complexity index is 255. The van der Waals surface area contributed by atoms with E-state index in [1.54, 1.807) is 0 Å². The zero-order valence-electron chi connectivity index (χ0n) is 14.8. The topological polar surface area (TPSA) is 236 Å². The Morgan fingerprint density at radius 3 is 1.08 bits per heavy atom. The smallest absolute Gasteiger partial charge is 2.00 e. The Balaban J connectivity index is -0.0000000432. The van der Waals surface area contributed by atoms with Gasteiger partial charge in [0.15, 0.2) is 0 Å². The van der Waals surface area contributed by atoms with Crippen molar-refractivity contribution in [2.75, 3.05) is 13.1 Å². The molecule has 0 saturated carbocycles. The first kappa shape index (κ1) is 44.8. The van der Waals surface area contributed by atoms with Crippen molar-refractivity contribution in [3.63, 3.8) is 0 Å². The number of hydrogen-bond donors (Lipinski definition) is 6. The third-order valence-corrected chi connectivity index (χ3v) is 2.57. The maximum atomic E-state index is 10.1. The van der Waals surface area contributed by atoms with Crippen LogP contribution in [-0.4, -0.2) is 47.3 Å². The number of aliphatic carboxylic acids is 2. The maximum Gasteiger partial charge on any atom is 2.00 e. The van der Waals surface area contributed by atoms with Crippen molar-refractivity contribution in [2.24, 2.45) is 22.9 Å². The van der Waals surface area contributed by atoms with Crippen LogP contribution >= 0.6 is 0 Å². The van der Waals surface area contributed by atoms with Gasteiger partial charge in [0, 0.05) is 0 Å². The van der Waals surface area contributed by atoms with Gasteiger partial charge in [-0.05, 0) is 38.8 Å². The first-order valence-electron chi connectivity index (χ1n) is 6.73. The molecule has 10 nitrogen and oxygen atoms in total. The summed E-state index contributed by atoms with van der Waals surface area (Å²) in [5.41, 5.74) is 20.8. The van der Waals surface area contributed by atoms with Crippen molar-refractivity contribution in [1.82, 2.24) is 0 Å². The summed E-state index contributed by atoms with van der Waals surface area (Å²) in [5, 5.41) is 16.7. The van der Waals surface area contributed by atoms with Gasteiger partial charge < -0.3 is 44.1 Å². The van der Waals surface area contributed by atoms with Gasteiger partial charge in [-0.3, -0.25) is 9.59 Å². The molecule has 2 atom stereocenters. The largest absolute Gasteiger partial charge is 2.00 e. The molecule has 13 heteroatoms. The van der Waals surface area contributed by atoms with Gasteiger partial charge >= 0.3 is 70.4 Å². The normalized spacial score (nSPS) is 10.4. The minimum Gasteiger partial charge on any atom is -2.00 e. The van der Waals surface area contributed by atoms with E-state index in [1.165, 1.54) is 0 Å². The van der Waals surface area contributed by atoms with Crippen molar-refractivity contribution >= 4 is 11.9 Å². The van der Waals surface area contributed by atoms with Crippen LogP contribution in [0, 0.1) is 0 Å². The third-order valence-electron chi connectivity index (χ3n) is 2.57. The number of carboxylic acids is 2. The maximum absolute atomic E-state index is 10.1. The minimum absolute atomic E-state index is 0. The summed E-state index contributed by atoms with van der Waals surface area (Å²) in [6.07, 6.45) is 4.33. The van der Waals surface area contributed by atoms with Gasteiger partial charge in [-0.1, -0.05) is 12.8 Å². The van der Waals surface area contributed by atoms with Crippen molar-refractivity contribution < 1.29 is 89.2 Å². The second-order valence-electron chi connectivity index (χ2n) is 4.46. The molecule has 136 valence electrons. The molecule has 0 spiro atoms. The van der Waals surface area contributed by atoms with E-state index in [0.717, 1.165) is 25.7 Å². The SMILES string of the molecule is NCCCC[C@H](N)C(=O)O.NCCCC[C@H](N)C(=O)O.[O-2].[O-2].[Zn+2].[Zn+2].[Zn+2]. The van der Waals surface area contributed by atoms with Crippen LogP contribution in [0.15, 0.2) is 0 Å². The molecular formula is C12H28N4O6Zn3+2. The van der Waals surface area contributed by atoms with Gasteiger partial charge in [-0.25, -0.2) is 0 Å². The number of hydrogen-bond acceptors (Lipinski definition) is 6. The fourth-order valence-electron chi connectivity index (χ4n) is 1.26. The van der Waals surface area contributed by atoms with Gasteiger partial charge in [-0.2, -0.15) is 0 Å². The van der Waals surface area contributed by atoms with E-state index in [-0.39, 0.29) is 69.4 Å². The van der Waals surface area contributed by atoms with E-state index in [2.05, 4.69) is 0 Å². The van der Waals surface area contributed by atoms with Crippen LogP contribution in [0.25, 0.3) is 0 Å². The quantitative estimate of drug-likeness (QED) is 0.151. The van der Waals surface area contributed by atoms with Crippen LogP contribution in [-0.2, 0) is 79.0 Å². The second-order valence-corrected chi connectivity index (χ2v) is 4.46. The Morgan fingerprint density at radius 2 is 0.920 bits per heavy atom. The van der Waals surface area contributed by atoms with E-state index < -0.39 is 24.0 Å². The number of carboxylic acid groups (broad SMARTS) is 2. The van der Waals surface area contributed by atoms with Crippen molar-refractivity contribution in [2.45, 2.75) is 50.6 Å². The molecule has 0 heterocycles.